The molecule has 158 valence electrons. The number of sulfone groups is 1. The summed E-state index contributed by atoms with van der Waals surface area (Å²) in [6, 6.07) is 8.06. The van der Waals surface area contributed by atoms with Gasteiger partial charge in [0.1, 0.15) is 5.69 Å². The molecular formula is C14H16N4O8S3. The van der Waals surface area contributed by atoms with Gasteiger partial charge in [-0.05, 0) is 36.4 Å². The van der Waals surface area contributed by atoms with Crippen LogP contribution in [0.1, 0.15) is 0 Å². The first-order valence-corrected chi connectivity index (χ1v) is 11.0. The van der Waals surface area contributed by atoms with Crippen LogP contribution in [0.25, 0.3) is 0 Å². The highest BCUT2D eigenvalue weighted by Crippen LogP contribution is 2.31. The topological polar surface area (TPSA) is 196 Å². The molecule has 2 rings (SSSR count). The molecule has 0 radical (unpaired) electrons. The molecule has 0 amide bonds. The van der Waals surface area contributed by atoms with Gasteiger partial charge in [0.25, 0.3) is 0 Å². The predicted octanol–water partition coefficient (Wildman–Crippen LogP) is 2.62. The average molecular weight is 465 g/mol. The van der Waals surface area contributed by atoms with Crippen molar-refractivity contribution >= 4 is 56.0 Å². The minimum atomic E-state index is -3.62. The van der Waals surface area contributed by atoms with Gasteiger partial charge in [-0.1, -0.05) is 5.04 Å². The fourth-order valence-corrected chi connectivity index (χ4v) is 3.88. The first kappa shape index (κ1) is 23.2. The molecule has 0 aliphatic rings. The van der Waals surface area contributed by atoms with Crippen molar-refractivity contribution in [3.05, 3.63) is 36.4 Å². The molecule has 0 saturated carbocycles. The standard InChI is InChI=1S/C14H16N4O8S3/c15-11-7-12(16)14(28(20)21)8-13(11)18-17-9-1-3-10(4-2-9)29(22,23)6-5-24-27-26-25-19/h1-4,7-8,19H,5-6,15-16H2,(H,20,21). The van der Waals surface area contributed by atoms with Crippen molar-refractivity contribution in [1.29, 1.82) is 0 Å². The van der Waals surface area contributed by atoms with Crippen molar-refractivity contribution in [2.24, 2.45) is 10.2 Å². The SMILES string of the molecule is Nc1cc(N)c(S(=O)O)cc1N=Nc1ccc(S(=O)(=O)CCOSOOO)cc1. The highest BCUT2D eigenvalue weighted by atomic mass is 32.2. The predicted molar refractivity (Wildman–Crippen MR) is 105 cm³/mol. The highest BCUT2D eigenvalue weighted by molar-refractivity contribution is 7.91. The van der Waals surface area contributed by atoms with Crippen LogP contribution in [0.3, 0.4) is 0 Å². The Morgan fingerprint density at radius 3 is 2.41 bits per heavy atom. The Labute approximate surface area is 172 Å². The van der Waals surface area contributed by atoms with Crippen LogP contribution >= 0.6 is 12.3 Å². The zero-order valence-corrected chi connectivity index (χ0v) is 16.9. The molecule has 0 aliphatic carbocycles. The third-order valence-corrected chi connectivity index (χ3v) is 6.16. The molecule has 15 heteroatoms. The Bertz CT molecular complexity index is 999. The number of hydrogen-bond donors (Lipinski definition) is 4. The van der Waals surface area contributed by atoms with E-state index in [0.717, 1.165) is 0 Å². The largest absolute Gasteiger partial charge is 0.398 e. The number of azo groups is 1. The lowest BCUT2D eigenvalue weighted by Crippen LogP contribution is -2.10. The summed E-state index contributed by atoms with van der Waals surface area (Å²) in [6.07, 6.45) is 0. The second-order valence-corrected chi connectivity index (χ2v) is 8.80. The van der Waals surface area contributed by atoms with E-state index in [4.69, 9.17) is 20.9 Å². The van der Waals surface area contributed by atoms with E-state index in [9.17, 15) is 17.2 Å². The smallest absolute Gasteiger partial charge is 0.197 e. The van der Waals surface area contributed by atoms with Crippen molar-refractivity contribution in [3.8, 4) is 0 Å². The maximum absolute atomic E-state index is 12.2. The number of nitrogens with zero attached hydrogens (tertiary/aromatic N) is 2. The van der Waals surface area contributed by atoms with Crippen LogP contribution in [0.4, 0.5) is 22.7 Å². The van der Waals surface area contributed by atoms with E-state index in [2.05, 4.69) is 19.6 Å². The van der Waals surface area contributed by atoms with Gasteiger partial charge in [-0.3, -0.25) is 4.18 Å². The first-order chi connectivity index (χ1) is 13.7. The molecule has 0 fully saturated rings. The zero-order chi connectivity index (χ0) is 21.4. The molecule has 2 aromatic carbocycles. The van der Waals surface area contributed by atoms with Crippen molar-refractivity contribution in [1.82, 2.24) is 0 Å². The molecule has 0 saturated heterocycles. The minimum absolute atomic E-state index is 0.0364. The second-order valence-electron chi connectivity index (χ2n) is 5.24. The monoisotopic (exact) mass is 464 g/mol. The van der Waals surface area contributed by atoms with E-state index in [1.807, 2.05) is 0 Å². The highest BCUT2D eigenvalue weighted by Gasteiger charge is 2.15. The number of nitrogen functional groups attached to an aromatic ring is 2. The minimum Gasteiger partial charge on any atom is -0.398 e. The Morgan fingerprint density at radius 1 is 1.10 bits per heavy atom. The summed E-state index contributed by atoms with van der Waals surface area (Å²) in [7, 11) is -3.62. The van der Waals surface area contributed by atoms with Crippen molar-refractivity contribution in [3.63, 3.8) is 0 Å². The molecule has 6 N–H and O–H groups in total. The number of anilines is 2. The summed E-state index contributed by atoms with van der Waals surface area (Å²) in [6.45, 7) is -0.206. The summed E-state index contributed by atoms with van der Waals surface area (Å²) >= 11 is -2.03. The van der Waals surface area contributed by atoms with E-state index in [1.165, 1.54) is 36.4 Å². The molecule has 0 bridgehead atoms. The summed E-state index contributed by atoms with van der Waals surface area (Å²) < 4.78 is 53.5. The van der Waals surface area contributed by atoms with Crippen molar-refractivity contribution in [2.75, 3.05) is 23.8 Å². The fourth-order valence-electron chi connectivity index (χ4n) is 2.00. The van der Waals surface area contributed by atoms with Crippen LogP contribution < -0.4 is 11.5 Å². The molecule has 0 aromatic heterocycles. The third kappa shape index (κ3) is 6.72. The van der Waals surface area contributed by atoms with Gasteiger partial charge in [-0.15, -0.1) is 9.45 Å². The molecule has 29 heavy (non-hydrogen) atoms. The van der Waals surface area contributed by atoms with E-state index in [-0.39, 0.29) is 51.5 Å². The third-order valence-electron chi connectivity index (χ3n) is 3.36. The van der Waals surface area contributed by atoms with Gasteiger partial charge in [-0.2, -0.15) is 5.11 Å². The van der Waals surface area contributed by atoms with Crippen LogP contribution in [0.15, 0.2) is 56.4 Å². The molecule has 0 heterocycles. The van der Waals surface area contributed by atoms with E-state index < -0.39 is 20.9 Å². The number of nitrogens with two attached hydrogens (primary N) is 2. The summed E-state index contributed by atoms with van der Waals surface area (Å²) in [4.78, 5) is -0.0136. The van der Waals surface area contributed by atoms with Gasteiger partial charge in [-0.25, -0.2) is 17.9 Å². The van der Waals surface area contributed by atoms with Crippen LogP contribution in [-0.4, -0.2) is 34.8 Å². The molecule has 0 aliphatic heterocycles. The quantitative estimate of drug-likeness (QED) is 0.0767. The summed E-state index contributed by atoms with van der Waals surface area (Å²) in [5.74, 6) is -0.335. The number of benzene rings is 2. The van der Waals surface area contributed by atoms with Gasteiger partial charge in [0.15, 0.2) is 33.2 Å². The van der Waals surface area contributed by atoms with Crippen LogP contribution in [0, 0.1) is 0 Å². The second kappa shape index (κ2) is 10.6. The van der Waals surface area contributed by atoms with E-state index in [1.54, 1.807) is 0 Å². The van der Waals surface area contributed by atoms with Crippen LogP contribution in [0.2, 0.25) is 0 Å². The maximum Gasteiger partial charge on any atom is 0.197 e. The van der Waals surface area contributed by atoms with Crippen LogP contribution in [-0.2, 0) is 34.5 Å². The Kier molecular flexibility index (Phi) is 8.47. The van der Waals surface area contributed by atoms with Crippen molar-refractivity contribution < 1.29 is 36.0 Å². The lowest BCUT2D eigenvalue weighted by Gasteiger charge is -2.06. The van der Waals surface area contributed by atoms with Crippen LogP contribution in [0.5, 0.6) is 0 Å². The molecule has 1 atom stereocenters. The summed E-state index contributed by atoms with van der Waals surface area (Å²) in [5.41, 5.74) is 12.1. The van der Waals surface area contributed by atoms with Gasteiger partial charge < -0.3 is 16.0 Å². The molecule has 1 unspecified atom stereocenters. The van der Waals surface area contributed by atoms with Gasteiger partial charge in [0.05, 0.1) is 39.2 Å². The zero-order valence-electron chi connectivity index (χ0n) is 14.5. The van der Waals surface area contributed by atoms with Gasteiger partial charge in [0.2, 0.25) is 0 Å². The average Bonchev–Trinajstić information content (AvgIpc) is 2.67. The maximum atomic E-state index is 12.2. The lowest BCUT2D eigenvalue weighted by molar-refractivity contribution is -0.434. The lowest BCUT2D eigenvalue weighted by atomic mass is 10.2. The first-order valence-electron chi connectivity index (χ1n) is 7.55. The Balaban J connectivity index is 2.09. The van der Waals surface area contributed by atoms with Crippen molar-refractivity contribution in [2.45, 2.75) is 9.79 Å². The molecule has 12 nitrogen and oxygen atoms in total. The fraction of sp³-hybridized carbons (Fsp3) is 0.143. The molecule has 2 aromatic rings. The van der Waals surface area contributed by atoms with Gasteiger partial charge in [0, 0.05) is 0 Å². The summed E-state index contributed by atoms with van der Waals surface area (Å²) in [5, 5.41) is 19.0. The number of hydrogen-bond acceptors (Lipinski definition) is 12. The molecular weight excluding hydrogens is 448 g/mol. The Morgan fingerprint density at radius 2 is 1.79 bits per heavy atom. The van der Waals surface area contributed by atoms with E-state index in [0.29, 0.717) is 5.69 Å². The van der Waals surface area contributed by atoms with Gasteiger partial charge >= 0.3 is 0 Å². The number of rotatable bonds is 10. The van der Waals surface area contributed by atoms with E-state index >= 15 is 0 Å². The normalized spacial score (nSPS) is 13.0. The molecule has 0 spiro atoms. The Hall–Kier alpha value is -2.11.